The Balaban J connectivity index is 0.000000378. The Bertz CT molecular complexity index is 1360. The maximum absolute atomic E-state index is 12.6. The molecule has 1 heterocycles. The Labute approximate surface area is 260 Å². The highest BCUT2D eigenvalue weighted by Gasteiger charge is 2.39. The Morgan fingerprint density at radius 3 is 2.00 bits per heavy atom. The van der Waals surface area contributed by atoms with Crippen LogP contribution in [-0.2, 0) is 43.1 Å². The molecule has 0 atom stereocenters. The zero-order chi connectivity index (χ0) is 32.8. The van der Waals surface area contributed by atoms with Gasteiger partial charge in [-0.05, 0) is 56.9 Å². The third-order valence-corrected chi connectivity index (χ3v) is 6.64. The minimum Gasteiger partial charge on any atom is -0.482 e. The Hall–Kier alpha value is -3.70. The van der Waals surface area contributed by atoms with Gasteiger partial charge in [0.2, 0.25) is 0 Å². The molecule has 5 rings (SSSR count). The molecule has 3 aromatic rings. The van der Waals surface area contributed by atoms with Crippen LogP contribution in [0.2, 0.25) is 0 Å². The van der Waals surface area contributed by atoms with Crippen LogP contribution < -0.4 is 0 Å². The van der Waals surface area contributed by atoms with Crippen LogP contribution in [0.15, 0.2) is 72.8 Å². The van der Waals surface area contributed by atoms with E-state index in [-0.39, 0.29) is 18.2 Å². The number of ketones is 1. The van der Waals surface area contributed by atoms with E-state index in [1.165, 1.54) is 0 Å². The third kappa shape index (κ3) is 9.39. The van der Waals surface area contributed by atoms with E-state index in [0.29, 0.717) is 13.0 Å². The van der Waals surface area contributed by atoms with Gasteiger partial charge in [-0.1, -0.05) is 114 Å². The number of allylic oxidation sites excluding steroid dienone is 1. The maximum atomic E-state index is 12.6. The van der Waals surface area contributed by atoms with Crippen LogP contribution >= 0.6 is 0 Å². The fourth-order valence-corrected chi connectivity index (χ4v) is 4.97. The lowest BCUT2D eigenvalue weighted by molar-refractivity contribution is -0.142. The zero-order valence-corrected chi connectivity index (χ0v) is 28.1. The quantitative estimate of drug-likeness (QED) is 0.308. The molecule has 0 saturated heterocycles. The molecule has 0 radical (unpaired) electrons. The Morgan fingerprint density at radius 2 is 1.40 bits per heavy atom. The number of hydrogen-bond acceptors (Lipinski definition) is 5. The van der Waals surface area contributed by atoms with E-state index in [9.17, 15) is 14.7 Å². The Morgan fingerprint density at radius 1 is 0.860 bits per heavy atom. The number of Topliss-reactive ketones (excluding diaryl/α,β-unsaturated/α-hetero) is 1. The van der Waals surface area contributed by atoms with Crippen molar-refractivity contribution in [3.05, 3.63) is 106 Å². The molecule has 0 amide bonds. The van der Waals surface area contributed by atoms with E-state index in [1.54, 1.807) is 20.8 Å². The van der Waals surface area contributed by atoms with E-state index in [2.05, 4.69) is 13.8 Å². The van der Waals surface area contributed by atoms with Crippen LogP contribution in [0.5, 0.6) is 0 Å². The summed E-state index contributed by atoms with van der Waals surface area (Å²) in [4.78, 5) is 24.0. The summed E-state index contributed by atoms with van der Waals surface area (Å²) in [5.74, 6) is 0.622. The highest BCUT2D eigenvalue weighted by Crippen LogP contribution is 2.47. The van der Waals surface area contributed by atoms with E-state index >= 15 is 0 Å². The number of fused-ring (bicyclic) bond motifs is 4. The van der Waals surface area contributed by atoms with Gasteiger partial charge in [-0.2, -0.15) is 0 Å². The molecule has 43 heavy (non-hydrogen) atoms. The van der Waals surface area contributed by atoms with E-state index in [4.69, 9.17) is 9.47 Å². The molecule has 1 N–H and O–H groups in total. The average molecular weight is 589 g/mol. The lowest BCUT2D eigenvalue weighted by Crippen LogP contribution is -2.31. The predicted molar refractivity (Wildman–Crippen MR) is 179 cm³/mol. The maximum Gasteiger partial charge on any atom is 0.310 e. The van der Waals surface area contributed by atoms with Gasteiger partial charge in [-0.15, -0.1) is 0 Å². The molecule has 0 bridgehead atoms. The largest absolute Gasteiger partial charge is 0.482 e. The van der Waals surface area contributed by atoms with Crippen molar-refractivity contribution in [2.75, 3.05) is 6.61 Å². The average Bonchev–Trinajstić information content (AvgIpc) is 3.00. The molecular formula is C38H52O5. The molecule has 0 aromatic heterocycles. The van der Waals surface area contributed by atoms with Crippen molar-refractivity contribution in [2.45, 2.75) is 100 Å². The first-order valence-electron chi connectivity index (χ1n) is 15.6. The van der Waals surface area contributed by atoms with Gasteiger partial charge in [-0.3, -0.25) is 9.59 Å². The van der Waals surface area contributed by atoms with Crippen molar-refractivity contribution < 1.29 is 24.2 Å². The fourth-order valence-electron chi connectivity index (χ4n) is 4.97. The highest BCUT2D eigenvalue weighted by atomic mass is 16.5. The number of ether oxygens (including phenoxy) is 2. The van der Waals surface area contributed by atoms with Crippen LogP contribution in [0.4, 0.5) is 0 Å². The normalized spacial score (nSPS) is 13.6. The summed E-state index contributed by atoms with van der Waals surface area (Å²) in [6.45, 7) is 21.7. The van der Waals surface area contributed by atoms with E-state index in [0.717, 1.165) is 44.7 Å². The summed E-state index contributed by atoms with van der Waals surface area (Å²) in [6.07, 6.45) is 0.654. The molecule has 5 heteroatoms. The van der Waals surface area contributed by atoms with Gasteiger partial charge in [0.05, 0.1) is 24.2 Å². The second kappa shape index (κ2) is 17.4. The second-order valence-electron chi connectivity index (χ2n) is 10.3. The van der Waals surface area contributed by atoms with Crippen LogP contribution in [0, 0.1) is 0 Å². The summed E-state index contributed by atoms with van der Waals surface area (Å²) >= 11 is 0. The predicted octanol–water partition coefficient (Wildman–Crippen LogP) is 9.04. The van der Waals surface area contributed by atoms with Gasteiger partial charge in [-0.25, -0.2) is 0 Å². The molecule has 2 aliphatic rings. The van der Waals surface area contributed by atoms with Crippen molar-refractivity contribution in [1.82, 2.24) is 0 Å². The molecule has 0 spiro atoms. The van der Waals surface area contributed by atoms with Gasteiger partial charge >= 0.3 is 5.97 Å². The molecular weight excluding hydrogens is 536 g/mol. The van der Waals surface area contributed by atoms with Crippen molar-refractivity contribution in [3.8, 4) is 0 Å². The molecule has 1 aliphatic carbocycles. The number of esters is 1. The summed E-state index contributed by atoms with van der Waals surface area (Å²) in [7, 11) is 0. The number of carbonyl (C=O) groups excluding carboxylic acids is 2. The number of benzene rings is 3. The van der Waals surface area contributed by atoms with Crippen LogP contribution in [0.25, 0.3) is 11.3 Å². The van der Waals surface area contributed by atoms with E-state index in [1.807, 2.05) is 114 Å². The highest BCUT2D eigenvalue weighted by molar-refractivity contribution is 6.30. The number of hydrogen-bond donors (Lipinski definition) is 1. The first kappa shape index (κ1) is 37.3. The monoisotopic (exact) mass is 588 g/mol. The van der Waals surface area contributed by atoms with Crippen molar-refractivity contribution in [2.24, 2.45) is 0 Å². The molecule has 1 aliphatic heterocycles. The summed E-state index contributed by atoms with van der Waals surface area (Å²) < 4.78 is 11.2. The van der Waals surface area contributed by atoms with Crippen LogP contribution in [0.3, 0.4) is 0 Å². The Kier molecular flexibility index (Phi) is 15.1. The summed E-state index contributed by atoms with van der Waals surface area (Å²) in [5, 5.41) is 9.96. The standard InChI is InChI=1S/C19H16O2.C13H18O3.3C2H6/c1-19(2)15-10-6-5-9-14(15)17-16(20)11-12-7-3-4-8-13(12)18(17)21-19;1-4-16-12(14)9-10-7-5-6-8-11(10)13(2,3)15;3*1-2/h3-10H,11H2,1-2H3;5-8,15H,4,9H2,1-3H3;3*1-2H3. The molecule has 0 unspecified atom stereocenters. The van der Waals surface area contributed by atoms with Gasteiger partial charge in [0.1, 0.15) is 11.4 Å². The zero-order valence-electron chi connectivity index (χ0n) is 28.1. The van der Waals surface area contributed by atoms with Crippen LogP contribution in [0.1, 0.15) is 110 Å². The SMILES string of the molecule is CC.CC.CC.CC1(C)OC2=C(C(=O)Cc3ccccc32)c2ccccc21.CCOC(=O)Cc1ccccc1C(C)(C)O. The van der Waals surface area contributed by atoms with Crippen molar-refractivity contribution >= 4 is 23.1 Å². The van der Waals surface area contributed by atoms with Crippen LogP contribution in [-0.4, -0.2) is 23.5 Å². The van der Waals surface area contributed by atoms with E-state index < -0.39 is 11.2 Å². The smallest absolute Gasteiger partial charge is 0.310 e. The van der Waals surface area contributed by atoms with Crippen molar-refractivity contribution in [3.63, 3.8) is 0 Å². The molecule has 234 valence electrons. The third-order valence-electron chi connectivity index (χ3n) is 6.64. The summed E-state index contributed by atoms with van der Waals surface area (Å²) in [5.41, 5.74) is 5.15. The lowest BCUT2D eigenvalue weighted by atomic mass is 9.79. The minimum absolute atomic E-state index is 0.145. The lowest BCUT2D eigenvalue weighted by Gasteiger charge is -2.38. The fraction of sp³-hybridized carbons (Fsp3) is 0.421. The molecule has 0 fully saturated rings. The van der Waals surface area contributed by atoms with Gasteiger partial charge in [0.25, 0.3) is 0 Å². The summed E-state index contributed by atoms with van der Waals surface area (Å²) in [6, 6.07) is 23.4. The van der Waals surface area contributed by atoms with Gasteiger partial charge < -0.3 is 14.6 Å². The molecule has 3 aromatic carbocycles. The minimum atomic E-state index is -0.941. The van der Waals surface area contributed by atoms with Gasteiger partial charge in [0, 0.05) is 17.5 Å². The van der Waals surface area contributed by atoms with Crippen molar-refractivity contribution in [1.29, 1.82) is 0 Å². The molecule has 0 saturated carbocycles. The first-order chi connectivity index (χ1) is 20.5. The topological polar surface area (TPSA) is 72.8 Å². The second-order valence-corrected chi connectivity index (χ2v) is 10.3. The number of aliphatic hydroxyl groups is 1. The van der Waals surface area contributed by atoms with Gasteiger partial charge in [0.15, 0.2) is 5.78 Å². The first-order valence-corrected chi connectivity index (χ1v) is 15.6. The molecule has 5 nitrogen and oxygen atoms in total. The number of rotatable bonds is 4. The number of carbonyl (C=O) groups is 2.